The number of hydrogen-bond donors (Lipinski definition) is 3. The molecule has 0 spiro atoms. The van der Waals surface area contributed by atoms with E-state index in [9.17, 15) is 57.5 Å². The highest BCUT2D eigenvalue weighted by Gasteiger charge is 2.57. The zero-order valence-corrected chi connectivity index (χ0v) is 88.9. The molecule has 7 aromatic carbocycles. The number of carbonyl (C=O) groups excluding carboxylic acids is 2. The standard InChI is InChI=1S/C30H30F3N7O.C26H35N.C22H21F2NO3.C21H16Cl2F2N2O3S.C18H21ClF2N2/c1-20-3-8-23(36-28(41)22-6-4-21(5-7-22)19-40-15-13-39(2)14-16-40)17-27(20)38-29-35-12-10-26(37-29)24-18-34-11-9-25(24)30(31,32)33;1-17-9-12-25(3)19(15-17)5-6-20-22-7-8-23(21-16-27-14-11-18(21)2)26(22,4)13-10-24(20)25;1-16(27-21-14-17(12-13-25-21)22(2,23)24)15-26-18-8-10-20(11-9-18)28-19-6-4-3-5-7-19;1-21(24,25)12-7-8-26-19(9-12)16-10-13(3-6-17(16)22)27-20(28)15-5-4-14(11-18(15)23)31(2,29)30;1-18(20,21)14-8-10-22-17(12-14)16(9-11-23(2)3)13-4-6-15(19)7-5-13/h3-12,17-18H,13-16,19H2,1-2H3,(H,36,41)(H,35,37,38);5,8,11,14,16-17,20,22,24H,6-7,9-10,12-13,15H2,1-4H3;3-14,16H,15H2,1-2H3;3-11H,1-2H3,(H,27,28);4-8,10,12,16H,9,11H2,1-3H3/t;17-,20-,22-,24-,25-,26-;;;/m.0.../s1. The smallest absolute Gasteiger partial charge is 0.417 e. The van der Waals surface area contributed by atoms with Gasteiger partial charge in [-0.2, -0.15) is 13.2 Å². The molecule has 5 aliphatic rings. The second kappa shape index (κ2) is 49.0. The second-order valence-electron chi connectivity index (χ2n) is 40.0. The van der Waals surface area contributed by atoms with Gasteiger partial charge >= 0.3 is 6.18 Å². The minimum atomic E-state index is -4.55. The molecule has 2 unspecified atom stereocenters. The summed E-state index contributed by atoms with van der Waals surface area (Å²) in [4.78, 5) is 61.5. The van der Waals surface area contributed by atoms with Crippen molar-refractivity contribution in [1.29, 1.82) is 0 Å². The molecule has 2 saturated carbocycles. The number of para-hydroxylation sites is 1. The number of pyridine rings is 5. The summed E-state index contributed by atoms with van der Waals surface area (Å²) >= 11 is 18.3. The lowest BCUT2D eigenvalue weighted by molar-refractivity contribution is -0.137. The van der Waals surface area contributed by atoms with Crippen molar-refractivity contribution < 1.29 is 71.7 Å². The van der Waals surface area contributed by atoms with Crippen molar-refractivity contribution >= 4 is 85.0 Å². The number of nitrogens with one attached hydrogen (secondary N) is 3. The van der Waals surface area contributed by atoms with Gasteiger partial charge in [-0.05, 0) is 325 Å². The van der Waals surface area contributed by atoms with Crippen molar-refractivity contribution in [3.63, 3.8) is 0 Å². The highest BCUT2D eigenvalue weighted by Crippen LogP contribution is 2.67. The van der Waals surface area contributed by atoms with E-state index >= 15 is 0 Å². The Kier molecular flexibility index (Phi) is 36.8. The summed E-state index contributed by atoms with van der Waals surface area (Å²) < 4.78 is 162. The molecule has 13 aromatic rings. The Morgan fingerprint density at radius 2 is 1.20 bits per heavy atom. The van der Waals surface area contributed by atoms with Crippen LogP contribution in [0.25, 0.3) is 28.1 Å². The molecule has 1 saturated heterocycles. The number of benzene rings is 7. The van der Waals surface area contributed by atoms with Gasteiger partial charge in [0.05, 0.1) is 37.5 Å². The molecule has 0 bridgehead atoms. The lowest BCUT2D eigenvalue weighted by atomic mass is 9.47. The number of carbonyl (C=O) groups is 2. The van der Waals surface area contributed by atoms with Crippen molar-refractivity contribution in [2.45, 2.75) is 161 Å². The third-order valence-corrected chi connectivity index (χ3v) is 30.3. The number of ether oxygens (including phenoxy) is 3. The van der Waals surface area contributed by atoms with Gasteiger partial charge in [0.15, 0.2) is 9.84 Å². The molecule has 18 rings (SSSR count). The number of likely N-dealkylation sites (N-methyl/N-ethyl adjacent to an activating group) is 1. The molecule has 788 valence electrons. The molecule has 3 N–H and O–H groups in total. The maximum atomic E-state index is 13.7. The number of halogens is 12. The van der Waals surface area contributed by atoms with Gasteiger partial charge in [-0.1, -0.05) is 122 Å². The minimum Gasteiger partial charge on any atom is -0.490 e. The van der Waals surface area contributed by atoms with Gasteiger partial charge in [-0.3, -0.25) is 34.4 Å². The first kappa shape index (κ1) is 113. The predicted octanol–water partition coefficient (Wildman–Crippen LogP) is 29.2. The molecule has 3 fully saturated rings. The maximum Gasteiger partial charge on any atom is 0.417 e. The number of anilines is 4. The van der Waals surface area contributed by atoms with Crippen LogP contribution in [-0.4, -0.2) is 143 Å². The summed E-state index contributed by atoms with van der Waals surface area (Å²) in [6.07, 6.45) is 23.5. The van der Waals surface area contributed by atoms with Crippen molar-refractivity contribution in [2.24, 2.45) is 34.5 Å². The Balaban J connectivity index is 0.000000150. The summed E-state index contributed by atoms with van der Waals surface area (Å²) in [6.45, 7) is 22.1. The van der Waals surface area contributed by atoms with Crippen molar-refractivity contribution in [1.82, 2.24) is 49.6 Å². The molecule has 1 aliphatic heterocycles. The van der Waals surface area contributed by atoms with Crippen LogP contribution in [0, 0.1) is 48.3 Å². The van der Waals surface area contributed by atoms with Crippen LogP contribution < -0.4 is 30.2 Å². The first-order valence-corrected chi connectivity index (χ1v) is 52.7. The second-order valence-corrected chi connectivity index (χ2v) is 43.3. The number of hydrogen-bond acceptors (Lipinski definition) is 18. The molecule has 0 radical (unpaired) electrons. The van der Waals surface area contributed by atoms with E-state index in [2.05, 4.69) is 125 Å². The summed E-state index contributed by atoms with van der Waals surface area (Å²) in [5.74, 6) is -3.89. The number of piperazine rings is 1. The van der Waals surface area contributed by atoms with Gasteiger partial charge in [0, 0.05) is 182 Å². The van der Waals surface area contributed by atoms with E-state index in [0.29, 0.717) is 61.2 Å². The largest absolute Gasteiger partial charge is 0.490 e. The van der Waals surface area contributed by atoms with Gasteiger partial charge in [0.1, 0.15) is 30.0 Å². The number of rotatable bonds is 27. The van der Waals surface area contributed by atoms with Crippen LogP contribution in [0.5, 0.6) is 23.1 Å². The third-order valence-electron chi connectivity index (χ3n) is 28.3. The zero-order chi connectivity index (χ0) is 108. The van der Waals surface area contributed by atoms with E-state index in [1.807, 2.05) is 130 Å². The molecular weight excluding hydrogens is 2010 g/mol. The molecule has 4 aliphatic carbocycles. The number of aryl methyl sites for hydroxylation is 2. The highest BCUT2D eigenvalue weighted by atomic mass is 35.5. The fourth-order valence-corrected chi connectivity index (χ4v) is 21.2. The summed E-state index contributed by atoms with van der Waals surface area (Å²) in [6, 6.07) is 57.8. The van der Waals surface area contributed by atoms with E-state index < -0.39 is 45.3 Å². The SMILES string of the molecule is CC(COc1ccc(Oc2ccccc2)cc1)Oc1cc(C(C)(F)F)ccn1.CC(F)(F)c1ccnc(-c2cc(NC(=O)c3ccc(S(C)(=O)=O)cc3Cl)ccc2Cl)c1.CN(C)CCC(c1ccc(Cl)cc1)c1cc(C(C)(F)F)ccn1.Cc1ccc(NC(=O)c2ccc(CN3CCN(C)CC3)cc2)cc1Nc1nccc(-c2cnccc2C(F)(F)F)n1.Cc1ccncc1C1=CC[C@H]2[C@@H]3CC=C4C[C@@H](C)CC[C@]4(C)[C@H]3CC[C@]12C. The zero-order valence-electron chi connectivity index (χ0n) is 85.8. The quantitative estimate of drug-likeness (QED) is 0.0321. The number of aromatic nitrogens is 7. The molecule has 6 aromatic heterocycles. The number of allylic oxidation sites excluding steroid dienone is 4. The van der Waals surface area contributed by atoms with E-state index in [-0.39, 0.29) is 90.5 Å². The van der Waals surface area contributed by atoms with Crippen molar-refractivity contribution in [2.75, 3.05) is 82.7 Å². The molecule has 2 amide bonds. The fraction of sp³-hybridized carbons (Fsp3) is 0.342. The molecule has 20 nitrogen and oxygen atoms in total. The Morgan fingerprint density at radius 3 is 1.87 bits per heavy atom. The third kappa shape index (κ3) is 29.7. The first-order valence-electron chi connectivity index (χ1n) is 49.6. The molecular formula is C117H123Cl3F9N13O7S. The van der Waals surface area contributed by atoms with Crippen molar-refractivity contribution in [3.8, 4) is 45.6 Å². The average molecular weight is 2130 g/mol. The summed E-state index contributed by atoms with van der Waals surface area (Å²) in [5, 5.41) is 9.48. The van der Waals surface area contributed by atoms with Gasteiger partial charge in [0.25, 0.3) is 29.6 Å². The minimum absolute atomic E-state index is 0.00804. The average Bonchev–Trinajstić information content (AvgIpc) is 1.50. The van der Waals surface area contributed by atoms with Gasteiger partial charge in [0.2, 0.25) is 11.8 Å². The van der Waals surface area contributed by atoms with Crippen LogP contribution in [0.15, 0.2) is 285 Å². The lowest BCUT2D eigenvalue weighted by Crippen LogP contribution is -2.49. The Bertz CT molecular complexity index is 7040. The fourth-order valence-electron chi connectivity index (χ4n) is 19.8. The Morgan fingerprint density at radius 1 is 0.580 bits per heavy atom. The van der Waals surface area contributed by atoms with Crippen LogP contribution in [-0.2, 0) is 40.3 Å². The van der Waals surface area contributed by atoms with Gasteiger partial charge in [-0.25, -0.2) is 49.7 Å². The Labute approximate surface area is 886 Å². The monoisotopic (exact) mass is 2130 g/mol. The van der Waals surface area contributed by atoms with Crippen molar-refractivity contribution in [3.05, 3.63) is 362 Å². The lowest BCUT2D eigenvalue weighted by Gasteiger charge is -2.58. The molecule has 8 atom stereocenters. The van der Waals surface area contributed by atoms with Gasteiger partial charge in [-0.15, -0.1) is 0 Å². The summed E-state index contributed by atoms with van der Waals surface area (Å²) in [7, 11) is 2.63. The van der Waals surface area contributed by atoms with E-state index in [0.717, 1.165) is 137 Å². The molecule has 150 heavy (non-hydrogen) atoms. The normalized spacial score (nSPS) is 18.6. The number of sulfone groups is 1. The van der Waals surface area contributed by atoms with Crippen LogP contribution >= 0.6 is 34.8 Å². The topological polar surface area (TPSA) is 232 Å². The van der Waals surface area contributed by atoms with Crippen LogP contribution in [0.4, 0.5) is 62.5 Å². The maximum absolute atomic E-state index is 13.7. The van der Waals surface area contributed by atoms with Crippen LogP contribution in [0.3, 0.4) is 0 Å². The van der Waals surface area contributed by atoms with Crippen LogP contribution in [0.1, 0.15) is 182 Å². The molecule has 7 heterocycles. The Hall–Kier alpha value is -12.9. The highest BCUT2D eigenvalue weighted by molar-refractivity contribution is 7.90. The van der Waals surface area contributed by atoms with E-state index in [1.54, 1.807) is 36.8 Å². The predicted molar refractivity (Wildman–Crippen MR) is 574 cm³/mol. The number of nitrogens with zero attached hydrogens (tertiary/aromatic N) is 10. The number of alkyl halides is 9. The van der Waals surface area contributed by atoms with Crippen LogP contribution in [0.2, 0.25) is 15.1 Å². The van der Waals surface area contributed by atoms with E-state index in [4.69, 9.17) is 49.0 Å². The number of amides is 2. The van der Waals surface area contributed by atoms with E-state index in [1.165, 1.54) is 160 Å². The molecule has 33 heteroatoms. The van der Waals surface area contributed by atoms with Gasteiger partial charge < -0.3 is 40.0 Å². The number of fused-ring (bicyclic) bond motifs is 5. The summed E-state index contributed by atoms with van der Waals surface area (Å²) in [5.41, 5.74) is 12.1. The first-order chi connectivity index (χ1) is 71.1.